The molecule has 4 unspecified atom stereocenters. The molecule has 4 atom stereocenters. The van der Waals surface area contributed by atoms with E-state index >= 15 is 0 Å². The molecule has 106 valence electrons. The second kappa shape index (κ2) is 6.91. The highest BCUT2D eigenvalue weighted by molar-refractivity contribution is 4.87. The van der Waals surface area contributed by atoms with Crippen molar-refractivity contribution in [2.24, 2.45) is 17.8 Å². The van der Waals surface area contributed by atoms with Crippen molar-refractivity contribution in [2.45, 2.75) is 71.4 Å². The molecule has 0 aromatic carbocycles. The summed E-state index contributed by atoms with van der Waals surface area (Å²) in [5, 5.41) is 3.67. The quantitative estimate of drug-likeness (QED) is 0.748. The van der Waals surface area contributed by atoms with Crippen molar-refractivity contribution in [2.75, 3.05) is 13.2 Å². The molecule has 0 aromatic rings. The van der Waals surface area contributed by atoms with Gasteiger partial charge in [-0.1, -0.05) is 20.8 Å². The zero-order valence-corrected chi connectivity index (χ0v) is 12.5. The van der Waals surface area contributed by atoms with Crippen LogP contribution in [0.5, 0.6) is 0 Å². The standard InChI is InChI=1S/C16H31NO/c1-4-9-17-16(14-6-7-14)11-18-15-8-5-12(2)13(3)10-15/h12-17H,4-11H2,1-3H3. The summed E-state index contributed by atoms with van der Waals surface area (Å²) in [7, 11) is 0. The molecule has 2 saturated carbocycles. The Hall–Kier alpha value is -0.0800. The Morgan fingerprint density at radius 1 is 1.11 bits per heavy atom. The Morgan fingerprint density at radius 2 is 1.89 bits per heavy atom. The zero-order valence-electron chi connectivity index (χ0n) is 12.5. The van der Waals surface area contributed by atoms with Crippen LogP contribution in [0.25, 0.3) is 0 Å². The number of ether oxygens (including phenoxy) is 1. The molecular formula is C16H31NO. The van der Waals surface area contributed by atoms with E-state index in [1.807, 2.05) is 0 Å². The van der Waals surface area contributed by atoms with Crippen molar-refractivity contribution in [1.82, 2.24) is 5.32 Å². The Morgan fingerprint density at radius 3 is 2.50 bits per heavy atom. The van der Waals surface area contributed by atoms with E-state index in [0.717, 1.165) is 30.9 Å². The van der Waals surface area contributed by atoms with Gasteiger partial charge in [0.05, 0.1) is 12.7 Å². The molecule has 0 heterocycles. The van der Waals surface area contributed by atoms with Crippen LogP contribution in [0.15, 0.2) is 0 Å². The van der Waals surface area contributed by atoms with Crippen LogP contribution in [0, 0.1) is 17.8 Å². The lowest BCUT2D eigenvalue weighted by atomic mass is 9.80. The lowest BCUT2D eigenvalue weighted by Crippen LogP contribution is -2.38. The molecule has 2 aliphatic carbocycles. The average Bonchev–Trinajstić information content (AvgIpc) is 3.18. The van der Waals surface area contributed by atoms with Crippen LogP contribution in [0.3, 0.4) is 0 Å². The predicted octanol–water partition coefficient (Wildman–Crippen LogP) is 3.61. The van der Waals surface area contributed by atoms with Gasteiger partial charge in [-0.2, -0.15) is 0 Å². The molecule has 0 radical (unpaired) electrons. The van der Waals surface area contributed by atoms with Crippen LogP contribution in [0.2, 0.25) is 0 Å². The SMILES string of the molecule is CCCNC(COC1CCC(C)C(C)C1)C1CC1. The summed E-state index contributed by atoms with van der Waals surface area (Å²) in [6.45, 7) is 9.09. The normalized spacial score (nSPS) is 34.5. The van der Waals surface area contributed by atoms with Gasteiger partial charge in [0, 0.05) is 6.04 Å². The van der Waals surface area contributed by atoms with Crippen LogP contribution in [0.1, 0.15) is 59.3 Å². The lowest BCUT2D eigenvalue weighted by molar-refractivity contribution is -0.00966. The molecule has 0 aromatic heterocycles. The van der Waals surface area contributed by atoms with Gasteiger partial charge in [0.15, 0.2) is 0 Å². The van der Waals surface area contributed by atoms with Crippen molar-refractivity contribution < 1.29 is 4.74 Å². The summed E-state index contributed by atoms with van der Waals surface area (Å²) in [5.41, 5.74) is 0. The molecule has 0 bridgehead atoms. The van der Waals surface area contributed by atoms with E-state index in [-0.39, 0.29) is 0 Å². The summed E-state index contributed by atoms with van der Waals surface area (Å²) in [4.78, 5) is 0. The molecule has 0 aliphatic heterocycles. The highest BCUT2D eigenvalue weighted by atomic mass is 16.5. The molecule has 2 aliphatic rings. The Labute approximate surface area is 113 Å². The first kappa shape index (κ1) is 14.3. The molecule has 2 heteroatoms. The van der Waals surface area contributed by atoms with Gasteiger partial charge in [-0.25, -0.2) is 0 Å². The van der Waals surface area contributed by atoms with Crippen molar-refractivity contribution in [3.63, 3.8) is 0 Å². The molecule has 0 saturated heterocycles. The van der Waals surface area contributed by atoms with Gasteiger partial charge in [0.2, 0.25) is 0 Å². The van der Waals surface area contributed by atoms with Gasteiger partial charge in [-0.15, -0.1) is 0 Å². The lowest BCUT2D eigenvalue weighted by Gasteiger charge is -2.33. The Balaban J connectivity index is 1.68. The van der Waals surface area contributed by atoms with Crippen LogP contribution in [0.4, 0.5) is 0 Å². The Bertz CT molecular complexity index is 239. The second-order valence-corrected chi connectivity index (χ2v) is 6.62. The fraction of sp³-hybridized carbons (Fsp3) is 1.00. The van der Waals surface area contributed by atoms with Gasteiger partial charge in [-0.3, -0.25) is 0 Å². The third-order valence-corrected chi connectivity index (χ3v) is 4.91. The van der Waals surface area contributed by atoms with Crippen molar-refractivity contribution in [1.29, 1.82) is 0 Å². The molecule has 0 amide bonds. The number of rotatable bonds is 7. The van der Waals surface area contributed by atoms with Gasteiger partial charge < -0.3 is 10.1 Å². The molecule has 18 heavy (non-hydrogen) atoms. The zero-order chi connectivity index (χ0) is 13.0. The number of hydrogen-bond acceptors (Lipinski definition) is 2. The fourth-order valence-electron chi connectivity index (χ4n) is 3.08. The monoisotopic (exact) mass is 253 g/mol. The van der Waals surface area contributed by atoms with E-state index in [0.29, 0.717) is 12.1 Å². The van der Waals surface area contributed by atoms with Gasteiger partial charge >= 0.3 is 0 Å². The summed E-state index contributed by atoms with van der Waals surface area (Å²) in [6, 6.07) is 0.625. The minimum Gasteiger partial charge on any atom is -0.377 e. The van der Waals surface area contributed by atoms with E-state index in [4.69, 9.17) is 4.74 Å². The predicted molar refractivity (Wildman–Crippen MR) is 76.7 cm³/mol. The largest absolute Gasteiger partial charge is 0.377 e. The van der Waals surface area contributed by atoms with Crippen LogP contribution in [-0.2, 0) is 4.74 Å². The molecule has 0 spiro atoms. The highest BCUT2D eigenvalue weighted by Gasteiger charge is 2.32. The molecule has 2 fully saturated rings. The third-order valence-electron chi connectivity index (χ3n) is 4.91. The Kier molecular flexibility index (Phi) is 5.50. The van der Waals surface area contributed by atoms with Crippen molar-refractivity contribution in [3.05, 3.63) is 0 Å². The van der Waals surface area contributed by atoms with Crippen LogP contribution in [-0.4, -0.2) is 25.3 Å². The maximum Gasteiger partial charge on any atom is 0.0626 e. The van der Waals surface area contributed by atoms with Crippen molar-refractivity contribution in [3.8, 4) is 0 Å². The molecule has 2 rings (SSSR count). The average molecular weight is 253 g/mol. The highest BCUT2D eigenvalue weighted by Crippen LogP contribution is 2.34. The summed E-state index contributed by atoms with van der Waals surface area (Å²) >= 11 is 0. The maximum atomic E-state index is 6.20. The van der Waals surface area contributed by atoms with Gasteiger partial charge in [0.25, 0.3) is 0 Å². The molecule has 1 N–H and O–H groups in total. The fourth-order valence-corrected chi connectivity index (χ4v) is 3.08. The van der Waals surface area contributed by atoms with E-state index in [1.54, 1.807) is 0 Å². The first-order chi connectivity index (χ1) is 8.70. The van der Waals surface area contributed by atoms with Crippen molar-refractivity contribution >= 4 is 0 Å². The third kappa shape index (κ3) is 4.24. The summed E-state index contributed by atoms with van der Waals surface area (Å²) in [5.74, 6) is 2.63. The first-order valence-corrected chi connectivity index (χ1v) is 8.05. The minimum absolute atomic E-state index is 0.529. The van der Waals surface area contributed by atoms with E-state index in [9.17, 15) is 0 Å². The van der Waals surface area contributed by atoms with Gasteiger partial charge in [-0.05, 0) is 62.8 Å². The van der Waals surface area contributed by atoms with E-state index in [2.05, 4.69) is 26.1 Å². The van der Waals surface area contributed by atoms with Crippen LogP contribution < -0.4 is 5.32 Å². The minimum atomic E-state index is 0.529. The smallest absolute Gasteiger partial charge is 0.0626 e. The van der Waals surface area contributed by atoms with Crippen LogP contribution >= 0.6 is 0 Å². The first-order valence-electron chi connectivity index (χ1n) is 8.05. The topological polar surface area (TPSA) is 21.3 Å². The second-order valence-electron chi connectivity index (χ2n) is 6.62. The van der Waals surface area contributed by atoms with E-state index < -0.39 is 0 Å². The van der Waals surface area contributed by atoms with Gasteiger partial charge in [0.1, 0.15) is 0 Å². The molecule has 2 nitrogen and oxygen atoms in total. The maximum absolute atomic E-state index is 6.20. The summed E-state index contributed by atoms with van der Waals surface area (Å²) < 4.78 is 6.20. The summed E-state index contributed by atoms with van der Waals surface area (Å²) in [6.07, 6.45) is 8.46. The van der Waals surface area contributed by atoms with E-state index in [1.165, 1.54) is 38.5 Å². The molecular weight excluding hydrogens is 222 g/mol. The number of hydrogen-bond donors (Lipinski definition) is 1. The number of nitrogens with one attached hydrogen (secondary N) is 1.